The number of hydrogen-bond acceptors (Lipinski definition) is 0. The second-order valence-corrected chi connectivity index (χ2v) is 13.0. The molecule has 0 fully saturated rings. The van der Waals surface area contributed by atoms with Crippen LogP contribution in [0.1, 0.15) is 0 Å². The fourth-order valence-corrected chi connectivity index (χ4v) is 7.85. The van der Waals surface area contributed by atoms with Gasteiger partial charge in [-0.2, -0.15) is 0 Å². The minimum absolute atomic E-state index is 1.15. The molecule has 50 heavy (non-hydrogen) atoms. The summed E-state index contributed by atoms with van der Waals surface area (Å²) >= 11 is 0. The lowest BCUT2D eigenvalue weighted by molar-refractivity contribution is 1.18. The van der Waals surface area contributed by atoms with Gasteiger partial charge in [-0.1, -0.05) is 133 Å². The summed E-state index contributed by atoms with van der Waals surface area (Å²) in [4.78, 5) is 0. The lowest BCUT2D eigenvalue weighted by Gasteiger charge is -2.11. The molecule has 0 atom stereocenters. The number of rotatable bonds is 5. The van der Waals surface area contributed by atoms with Crippen molar-refractivity contribution in [3.05, 3.63) is 194 Å². The van der Waals surface area contributed by atoms with Gasteiger partial charge in [-0.05, 0) is 94.0 Å². The van der Waals surface area contributed by atoms with Crippen molar-refractivity contribution >= 4 is 43.6 Å². The predicted molar refractivity (Wildman–Crippen MR) is 211 cm³/mol. The van der Waals surface area contributed by atoms with Crippen LogP contribution in [0, 0.1) is 0 Å². The monoisotopic (exact) mass is 636 g/mol. The first kappa shape index (κ1) is 28.4. The average molecular weight is 637 g/mol. The Labute approximate surface area is 290 Å². The fourth-order valence-electron chi connectivity index (χ4n) is 7.85. The van der Waals surface area contributed by atoms with Crippen molar-refractivity contribution in [2.24, 2.45) is 0 Å². The van der Waals surface area contributed by atoms with Crippen molar-refractivity contribution in [1.29, 1.82) is 0 Å². The Balaban J connectivity index is 1.22. The largest absolute Gasteiger partial charge is 0.309 e. The van der Waals surface area contributed by atoms with Gasteiger partial charge >= 0.3 is 0 Å². The molecule has 2 aromatic heterocycles. The topological polar surface area (TPSA) is 9.86 Å². The normalized spacial score (nSPS) is 11.6. The maximum Gasteiger partial charge on any atom is 0.0547 e. The standard InChI is InChI=1S/C48H32N2/c1-4-14-33(15-5-1)35-18-12-21-39(30-35)50-46-29-27-37(32-43(46)48-40(23-13-25-47(48)50)34-16-6-2-7-17-34)36-26-28-45-42(31-36)41-22-10-11-24-44(41)49(45)38-19-8-3-9-20-38/h1-32H. The molecular formula is C48H32N2. The molecule has 0 bridgehead atoms. The van der Waals surface area contributed by atoms with Gasteiger partial charge in [-0.15, -0.1) is 0 Å². The molecule has 0 aliphatic carbocycles. The molecule has 10 rings (SSSR count). The molecule has 10 aromatic rings. The molecular weight excluding hydrogens is 605 g/mol. The van der Waals surface area contributed by atoms with E-state index in [-0.39, 0.29) is 0 Å². The quantitative estimate of drug-likeness (QED) is 0.178. The molecule has 2 heteroatoms. The minimum Gasteiger partial charge on any atom is -0.309 e. The van der Waals surface area contributed by atoms with E-state index < -0.39 is 0 Å². The molecule has 2 nitrogen and oxygen atoms in total. The first-order valence-corrected chi connectivity index (χ1v) is 17.2. The van der Waals surface area contributed by atoms with Crippen LogP contribution in [-0.2, 0) is 0 Å². The van der Waals surface area contributed by atoms with Gasteiger partial charge in [0.1, 0.15) is 0 Å². The maximum absolute atomic E-state index is 2.43. The highest BCUT2D eigenvalue weighted by Gasteiger charge is 2.18. The van der Waals surface area contributed by atoms with Crippen LogP contribution in [0.25, 0.3) is 88.4 Å². The minimum atomic E-state index is 1.15. The van der Waals surface area contributed by atoms with Crippen LogP contribution in [0.2, 0.25) is 0 Å². The van der Waals surface area contributed by atoms with Crippen LogP contribution in [0.3, 0.4) is 0 Å². The zero-order valence-corrected chi connectivity index (χ0v) is 27.4. The molecule has 0 N–H and O–H groups in total. The summed E-state index contributed by atoms with van der Waals surface area (Å²) < 4.78 is 4.81. The Morgan fingerprint density at radius 1 is 0.260 bits per heavy atom. The summed E-state index contributed by atoms with van der Waals surface area (Å²) in [7, 11) is 0. The van der Waals surface area contributed by atoms with Crippen molar-refractivity contribution in [3.8, 4) is 44.8 Å². The summed E-state index contributed by atoms with van der Waals surface area (Å²) in [5.41, 5.74) is 14.4. The van der Waals surface area contributed by atoms with Gasteiger partial charge in [0.25, 0.3) is 0 Å². The van der Waals surface area contributed by atoms with Crippen LogP contribution < -0.4 is 0 Å². The van der Waals surface area contributed by atoms with Crippen LogP contribution in [0.5, 0.6) is 0 Å². The second kappa shape index (κ2) is 11.5. The summed E-state index contributed by atoms with van der Waals surface area (Å²) in [5.74, 6) is 0. The van der Waals surface area contributed by atoms with Crippen molar-refractivity contribution in [2.45, 2.75) is 0 Å². The number of para-hydroxylation sites is 2. The fraction of sp³-hybridized carbons (Fsp3) is 0. The summed E-state index contributed by atoms with van der Waals surface area (Å²) in [5, 5.41) is 5.03. The molecule has 2 heterocycles. The summed E-state index contributed by atoms with van der Waals surface area (Å²) in [6.07, 6.45) is 0. The molecule has 0 amide bonds. The highest BCUT2D eigenvalue weighted by atomic mass is 15.0. The number of fused-ring (bicyclic) bond motifs is 6. The molecule has 0 spiro atoms. The van der Waals surface area contributed by atoms with Crippen LogP contribution in [0.4, 0.5) is 0 Å². The van der Waals surface area contributed by atoms with Crippen molar-refractivity contribution in [2.75, 3.05) is 0 Å². The number of benzene rings is 8. The average Bonchev–Trinajstić information content (AvgIpc) is 3.71. The number of nitrogens with zero attached hydrogens (tertiary/aromatic N) is 2. The van der Waals surface area contributed by atoms with E-state index in [1.54, 1.807) is 0 Å². The molecule has 0 unspecified atom stereocenters. The Morgan fingerprint density at radius 2 is 0.760 bits per heavy atom. The van der Waals surface area contributed by atoms with Gasteiger partial charge in [-0.3, -0.25) is 0 Å². The van der Waals surface area contributed by atoms with Crippen molar-refractivity contribution < 1.29 is 0 Å². The highest BCUT2D eigenvalue weighted by molar-refractivity contribution is 6.17. The van der Waals surface area contributed by atoms with E-state index in [4.69, 9.17) is 0 Å². The molecule has 8 aromatic carbocycles. The first-order chi connectivity index (χ1) is 24.8. The van der Waals surface area contributed by atoms with E-state index in [0.29, 0.717) is 0 Å². The Bertz CT molecular complexity index is 2840. The Hall–Kier alpha value is -6.64. The molecule has 234 valence electrons. The zero-order valence-electron chi connectivity index (χ0n) is 27.4. The predicted octanol–water partition coefficient (Wildman–Crippen LogP) is 12.9. The Morgan fingerprint density at radius 3 is 1.52 bits per heavy atom. The molecule has 0 radical (unpaired) electrons. The maximum atomic E-state index is 2.43. The van der Waals surface area contributed by atoms with Gasteiger partial charge < -0.3 is 9.13 Å². The van der Waals surface area contributed by atoms with Crippen molar-refractivity contribution in [1.82, 2.24) is 9.13 Å². The third kappa shape index (κ3) is 4.50. The Kier molecular flexibility index (Phi) is 6.53. The van der Waals surface area contributed by atoms with Gasteiger partial charge in [-0.25, -0.2) is 0 Å². The van der Waals surface area contributed by atoms with E-state index in [1.165, 1.54) is 82.7 Å². The molecule has 0 saturated carbocycles. The van der Waals surface area contributed by atoms with E-state index in [1.807, 2.05) is 0 Å². The van der Waals surface area contributed by atoms with Crippen molar-refractivity contribution in [3.63, 3.8) is 0 Å². The van der Waals surface area contributed by atoms with Gasteiger partial charge in [0.15, 0.2) is 0 Å². The third-order valence-electron chi connectivity index (χ3n) is 10.1. The van der Waals surface area contributed by atoms with E-state index in [0.717, 1.165) is 5.69 Å². The molecule has 0 saturated heterocycles. The van der Waals surface area contributed by atoms with Crippen LogP contribution in [-0.4, -0.2) is 9.13 Å². The zero-order chi connectivity index (χ0) is 33.0. The third-order valence-corrected chi connectivity index (χ3v) is 10.1. The highest BCUT2D eigenvalue weighted by Crippen LogP contribution is 2.41. The molecule has 0 aliphatic heterocycles. The van der Waals surface area contributed by atoms with E-state index in [9.17, 15) is 0 Å². The lowest BCUT2D eigenvalue weighted by Crippen LogP contribution is -1.94. The van der Waals surface area contributed by atoms with Gasteiger partial charge in [0, 0.05) is 32.9 Å². The summed E-state index contributed by atoms with van der Waals surface area (Å²) in [6.45, 7) is 0. The van der Waals surface area contributed by atoms with Crippen LogP contribution >= 0.6 is 0 Å². The van der Waals surface area contributed by atoms with Crippen LogP contribution in [0.15, 0.2) is 194 Å². The van der Waals surface area contributed by atoms with Gasteiger partial charge in [0.05, 0.1) is 22.1 Å². The molecule has 0 aliphatic rings. The van der Waals surface area contributed by atoms with E-state index >= 15 is 0 Å². The smallest absolute Gasteiger partial charge is 0.0547 e. The van der Waals surface area contributed by atoms with Gasteiger partial charge in [0.2, 0.25) is 0 Å². The SMILES string of the molecule is c1ccc(-c2cccc(-n3c4ccc(-c5ccc6c(c5)c5ccccc5n6-c5ccccc5)cc4c4c(-c5ccccc5)cccc43)c2)cc1. The number of aromatic nitrogens is 2. The van der Waals surface area contributed by atoms with E-state index in [2.05, 4.69) is 203 Å². The number of hydrogen-bond donors (Lipinski definition) is 0. The summed E-state index contributed by atoms with van der Waals surface area (Å²) in [6, 6.07) is 70.4. The lowest BCUT2D eigenvalue weighted by atomic mass is 9.97. The second-order valence-electron chi connectivity index (χ2n) is 13.0. The first-order valence-electron chi connectivity index (χ1n) is 17.2.